The summed E-state index contributed by atoms with van der Waals surface area (Å²) in [5.41, 5.74) is 0.690. The molecule has 1 amide bonds. The maximum absolute atomic E-state index is 12.2. The van der Waals surface area contributed by atoms with Crippen LogP contribution in [0.25, 0.3) is 0 Å². The van der Waals surface area contributed by atoms with Gasteiger partial charge in [0, 0.05) is 6.54 Å². The highest BCUT2D eigenvalue weighted by Crippen LogP contribution is 2.27. The zero-order valence-electron chi connectivity index (χ0n) is 11.8. The molecule has 2 heterocycles. The predicted molar refractivity (Wildman–Crippen MR) is 73.1 cm³/mol. The molecule has 0 atom stereocenters. The molecular weight excluding hydrogens is 260 g/mol. The average molecular weight is 278 g/mol. The number of fused-ring (bicyclic) bond motifs is 1. The summed E-state index contributed by atoms with van der Waals surface area (Å²) >= 11 is 0. The molecule has 20 heavy (non-hydrogen) atoms. The largest absolute Gasteiger partial charge is 0.477 e. The van der Waals surface area contributed by atoms with E-state index < -0.39 is 17.7 Å². The molecule has 108 valence electrons. The number of aryl methyl sites for hydroxylation is 1. The van der Waals surface area contributed by atoms with Gasteiger partial charge < -0.3 is 9.84 Å². The summed E-state index contributed by atoms with van der Waals surface area (Å²) in [4.78, 5) is 28.7. The molecular formula is C14H18N2O4. The summed E-state index contributed by atoms with van der Waals surface area (Å²) in [5, 5.41) is 8.95. The van der Waals surface area contributed by atoms with Gasteiger partial charge in [-0.1, -0.05) is 0 Å². The Labute approximate surface area is 117 Å². The lowest BCUT2D eigenvalue weighted by atomic mass is 10.1. The van der Waals surface area contributed by atoms with Crippen molar-refractivity contribution in [1.29, 1.82) is 0 Å². The van der Waals surface area contributed by atoms with Gasteiger partial charge in [0.15, 0.2) is 0 Å². The van der Waals surface area contributed by atoms with E-state index in [1.807, 2.05) is 20.8 Å². The van der Waals surface area contributed by atoms with Crippen LogP contribution in [-0.4, -0.2) is 34.3 Å². The zero-order valence-corrected chi connectivity index (χ0v) is 11.8. The molecule has 0 radical (unpaired) electrons. The Morgan fingerprint density at radius 2 is 2.05 bits per heavy atom. The third kappa shape index (κ3) is 3.07. The highest BCUT2D eigenvalue weighted by Gasteiger charge is 2.28. The monoisotopic (exact) mass is 278 g/mol. The lowest BCUT2D eigenvalue weighted by molar-refractivity contribution is 0.0577. The fraction of sp³-hybridized carbons (Fsp3) is 0.500. The second kappa shape index (κ2) is 5.11. The first-order valence-corrected chi connectivity index (χ1v) is 6.51. The summed E-state index contributed by atoms with van der Waals surface area (Å²) in [6.07, 6.45) is 0.973. The summed E-state index contributed by atoms with van der Waals surface area (Å²) in [7, 11) is 0. The molecule has 1 aromatic heterocycles. The molecule has 1 aliphatic heterocycles. The summed E-state index contributed by atoms with van der Waals surface area (Å²) in [5.74, 6) is -1.07. The zero-order chi connectivity index (χ0) is 14.9. The van der Waals surface area contributed by atoms with E-state index in [0.29, 0.717) is 24.3 Å². The molecule has 1 N–H and O–H groups in total. The number of ether oxygens (including phenoxy) is 1. The van der Waals surface area contributed by atoms with Crippen LogP contribution in [0.3, 0.4) is 0 Å². The van der Waals surface area contributed by atoms with Crippen molar-refractivity contribution in [3.05, 3.63) is 23.5 Å². The Morgan fingerprint density at radius 1 is 1.35 bits per heavy atom. The third-order valence-corrected chi connectivity index (χ3v) is 2.87. The number of carbonyl (C=O) groups is 2. The van der Waals surface area contributed by atoms with Crippen LogP contribution in [0.2, 0.25) is 0 Å². The van der Waals surface area contributed by atoms with Crippen LogP contribution in [0.1, 0.15) is 43.4 Å². The van der Waals surface area contributed by atoms with Gasteiger partial charge in [0.1, 0.15) is 11.3 Å². The normalized spacial score (nSPS) is 14.7. The minimum atomic E-state index is -1.07. The Kier molecular flexibility index (Phi) is 3.65. The molecule has 0 unspecified atom stereocenters. The maximum atomic E-state index is 12.2. The van der Waals surface area contributed by atoms with Crippen molar-refractivity contribution in [2.24, 2.45) is 0 Å². The predicted octanol–water partition coefficient (Wildman–Crippen LogP) is 2.47. The van der Waals surface area contributed by atoms with Gasteiger partial charge in [-0.15, -0.1) is 0 Å². The molecule has 0 spiro atoms. The van der Waals surface area contributed by atoms with E-state index in [1.165, 1.54) is 11.0 Å². The molecule has 6 nitrogen and oxygen atoms in total. The number of hydrogen-bond donors (Lipinski definition) is 1. The number of carbonyl (C=O) groups excluding carboxylic acids is 1. The van der Waals surface area contributed by atoms with E-state index in [0.717, 1.165) is 6.42 Å². The van der Waals surface area contributed by atoms with Crippen molar-refractivity contribution < 1.29 is 19.4 Å². The van der Waals surface area contributed by atoms with Gasteiger partial charge in [-0.25, -0.2) is 14.6 Å². The van der Waals surface area contributed by atoms with Crippen LogP contribution in [0.15, 0.2) is 12.1 Å². The summed E-state index contributed by atoms with van der Waals surface area (Å²) in [6, 6.07) is 3.03. The number of nitrogens with zero attached hydrogens (tertiary/aromatic N) is 2. The Bertz CT molecular complexity index is 549. The second-order valence-corrected chi connectivity index (χ2v) is 5.70. The number of rotatable bonds is 1. The van der Waals surface area contributed by atoms with E-state index in [2.05, 4.69) is 4.98 Å². The number of aromatic carboxylic acids is 1. The molecule has 6 heteroatoms. The van der Waals surface area contributed by atoms with Crippen molar-refractivity contribution >= 4 is 17.7 Å². The van der Waals surface area contributed by atoms with Crippen LogP contribution in [0.4, 0.5) is 10.5 Å². The van der Waals surface area contributed by atoms with E-state index >= 15 is 0 Å². The van der Waals surface area contributed by atoms with Gasteiger partial charge in [0.2, 0.25) is 0 Å². The van der Waals surface area contributed by atoms with Crippen LogP contribution in [0, 0.1) is 0 Å². The molecule has 0 saturated carbocycles. The van der Waals surface area contributed by atoms with Crippen LogP contribution in [-0.2, 0) is 11.2 Å². The first-order valence-electron chi connectivity index (χ1n) is 6.51. The number of amides is 1. The minimum absolute atomic E-state index is 0.00483. The number of carboxylic acids is 1. The Hall–Kier alpha value is -2.11. The minimum Gasteiger partial charge on any atom is -0.477 e. The summed E-state index contributed by atoms with van der Waals surface area (Å²) < 4.78 is 5.35. The number of aromatic nitrogens is 1. The SMILES string of the molecule is CC(C)(C)OC(=O)N1CCCc2nc(C(=O)O)ccc21. The first-order chi connectivity index (χ1) is 9.28. The van der Waals surface area contributed by atoms with Gasteiger partial charge in [-0.3, -0.25) is 4.90 Å². The van der Waals surface area contributed by atoms with Crippen molar-refractivity contribution in [2.45, 2.75) is 39.2 Å². The topological polar surface area (TPSA) is 79.7 Å². The molecule has 1 aromatic rings. The van der Waals surface area contributed by atoms with E-state index in [1.54, 1.807) is 6.07 Å². The van der Waals surface area contributed by atoms with Gasteiger partial charge in [-0.2, -0.15) is 0 Å². The van der Waals surface area contributed by atoms with Crippen LogP contribution in [0.5, 0.6) is 0 Å². The smallest absolute Gasteiger partial charge is 0.414 e. The van der Waals surface area contributed by atoms with E-state index in [-0.39, 0.29) is 5.69 Å². The Morgan fingerprint density at radius 3 is 2.65 bits per heavy atom. The van der Waals surface area contributed by atoms with Gasteiger partial charge >= 0.3 is 12.1 Å². The quantitative estimate of drug-likeness (QED) is 0.853. The van der Waals surface area contributed by atoms with Crippen molar-refractivity contribution in [2.75, 3.05) is 11.4 Å². The first kappa shape index (κ1) is 14.3. The Balaban J connectivity index is 2.29. The lowest BCUT2D eigenvalue weighted by Crippen LogP contribution is -2.40. The maximum Gasteiger partial charge on any atom is 0.414 e. The molecule has 0 bridgehead atoms. The van der Waals surface area contributed by atoms with Crippen LogP contribution < -0.4 is 4.90 Å². The number of carboxylic acid groups (broad SMARTS) is 1. The number of anilines is 1. The fourth-order valence-electron chi connectivity index (χ4n) is 2.07. The van der Waals surface area contributed by atoms with Gasteiger partial charge in [-0.05, 0) is 45.7 Å². The third-order valence-electron chi connectivity index (χ3n) is 2.87. The van der Waals surface area contributed by atoms with Crippen LogP contribution >= 0.6 is 0 Å². The molecule has 1 aliphatic rings. The second-order valence-electron chi connectivity index (χ2n) is 5.70. The number of hydrogen-bond acceptors (Lipinski definition) is 4. The van der Waals surface area contributed by atoms with Crippen molar-refractivity contribution in [3.8, 4) is 0 Å². The average Bonchev–Trinajstić information content (AvgIpc) is 2.35. The molecule has 0 aromatic carbocycles. The van der Waals surface area contributed by atoms with E-state index in [4.69, 9.17) is 9.84 Å². The van der Waals surface area contributed by atoms with Crippen molar-refractivity contribution in [1.82, 2.24) is 4.98 Å². The molecule has 0 aliphatic carbocycles. The molecule has 2 rings (SSSR count). The highest BCUT2D eigenvalue weighted by molar-refractivity contribution is 5.90. The summed E-state index contributed by atoms with van der Waals surface area (Å²) in [6.45, 7) is 5.97. The van der Waals surface area contributed by atoms with E-state index in [9.17, 15) is 9.59 Å². The fourth-order valence-corrected chi connectivity index (χ4v) is 2.07. The van der Waals surface area contributed by atoms with Gasteiger partial charge in [0.05, 0.1) is 11.4 Å². The lowest BCUT2D eigenvalue weighted by Gasteiger charge is -2.31. The standard InChI is InChI=1S/C14H18N2O4/c1-14(2,3)20-13(19)16-8-4-5-9-11(16)7-6-10(15-9)12(17)18/h6-7H,4-5,8H2,1-3H3,(H,17,18). The highest BCUT2D eigenvalue weighted by atomic mass is 16.6. The van der Waals surface area contributed by atoms with Gasteiger partial charge in [0.25, 0.3) is 0 Å². The molecule has 0 fully saturated rings. The number of pyridine rings is 1. The van der Waals surface area contributed by atoms with Crippen molar-refractivity contribution in [3.63, 3.8) is 0 Å². The molecule has 0 saturated heterocycles.